The van der Waals surface area contributed by atoms with Crippen LogP contribution in [-0.4, -0.2) is 0 Å². The Labute approximate surface area is 69.6 Å². The molecule has 0 bridgehead atoms. The van der Waals surface area contributed by atoms with Crippen LogP contribution in [0.3, 0.4) is 0 Å². The summed E-state index contributed by atoms with van der Waals surface area (Å²) in [4.78, 5) is 0. The lowest BCUT2D eigenvalue weighted by atomic mass is 10.1. The minimum atomic E-state index is 1.07. The number of hydrogen-bond acceptors (Lipinski definition) is 0. The molecule has 0 aliphatic heterocycles. The van der Waals surface area contributed by atoms with Crippen molar-refractivity contribution >= 4 is 0 Å². The standard InChI is InChI=1S/C11H16/c1-5-7-9-11(4)10(3)8-6-2/h5-9H,3H2,1-2,4H3. The van der Waals surface area contributed by atoms with Crippen LogP contribution in [0, 0.1) is 0 Å². The van der Waals surface area contributed by atoms with Gasteiger partial charge in [0.15, 0.2) is 0 Å². The maximum atomic E-state index is 3.91. The van der Waals surface area contributed by atoms with Gasteiger partial charge in [-0.15, -0.1) is 0 Å². The molecule has 0 heteroatoms. The average Bonchev–Trinajstić information content (AvgIpc) is 2.00. The lowest BCUT2D eigenvalue weighted by Gasteiger charge is -1.96. The lowest BCUT2D eigenvalue weighted by Crippen LogP contribution is -1.76. The lowest BCUT2D eigenvalue weighted by molar-refractivity contribution is 1.43. The zero-order chi connectivity index (χ0) is 8.69. The van der Waals surface area contributed by atoms with Gasteiger partial charge in [-0.25, -0.2) is 0 Å². The van der Waals surface area contributed by atoms with E-state index in [0.29, 0.717) is 0 Å². The van der Waals surface area contributed by atoms with Crippen LogP contribution in [0.1, 0.15) is 20.8 Å². The van der Waals surface area contributed by atoms with E-state index in [1.807, 2.05) is 38.2 Å². The summed E-state index contributed by atoms with van der Waals surface area (Å²) in [6, 6.07) is 0. The molecule has 0 fully saturated rings. The van der Waals surface area contributed by atoms with Crippen molar-refractivity contribution in [2.24, 2.45) is 0 Å². The van der Waals surface area contributed by atoms with Crippen molar-refractivity contribution in [3.8, 4) is 0 Å². The molecule has 0 heterocycles. The zero-order valence-electron chi connectivity index (χ0n) is 7.59. The fourth-order valence-corrected chi connectivity index (χ4v) is 0.680. The number of allylic oxidation sites excluding steroid dienone is 7. The van der Waals surface area contributed by atoms with Crippen LogP contribution in [0.25, 0.3) is 0 Å². The van der Waals surface area contributed by atoms with Crippen LogP contribution in [0.15, 0.2) is 48.1 Å². The highest BCUT2D eigenvalue weighted by atomic mass is 13.9. The summed E-state index contributed by atoms with van der Waals surface area (Å²) in [6.45, 7) is 9.96. The summed E-state index contributed by atoms with van der Waals surface area (Å²) in [5.74, 6) is 0. The summed E-state index contributed by atoms with van der Waals surface area (Å²) in [5.41, 5.74) is 2.28. The van der Waals surface area contributed by atoms with E-state index in [-0.39, 0.29) is 0 Å². The molecule has 0 N–H and O–H groups in total. The highest BCUT2D eigenvalue weighted by Gasteiger charge is 1.87. The van der Waals surface area contributed by atoms with Gasteiger partial charge in [0.25, 0.3) is 0 Å². The highest BCUT2D eigenvalue weighted by Crippen LogP contribution is 2.07. The third kappa shape index (κ3) is 4.38. The normalized spacial score (nSPS) is 13.2. The summed E-state index contributed by atoms with van der Waals surface area (Å²) < 4.78 is 0. The van der Waals surface area contributed by atoms with E-state index >= 15 is 0 Å². The quantitative estimate of drug-likeness (QED) is 0.536. The third-order valence-electron chi connectivity index (χ3n) is 1.41. The van der Waals surface area contributed by atoms with Gasteiger partial charge in [-0.3, -0.25) is 0 Å². The maximum absolute atomic E-state index is 3.91. The first-order chi connectivity index (χ1) is 5.22. The summed E-state index contributed by atoms with van der Waals surface area (Å²) in [6.07, 6.45) is 10.1. The van der Waals surface area contributed by atoms with Crippen molar-refractivity contribution in [3.63, 3.8) is 0 Å². The van der Waals surface area contributed by atoms with E-state index in [0.717, 1.165) is 5.57 Å². The largest absolute Gasteiger partial charge is 0.0915 e. The molecule has 0 aromatic carbocycles. The highest BCUT2D eigenvalue weighted by molar-refractivity contribution is 5.37. The second-order valence-corrected chi connectivity index (χ2v) is 2.40. The molecule has 11 heavy (non-hydrogen) atoms. The van der Waals surface area contributed by atoms with Crippen molar-refractivity contribution in [2.45, 2.75) is 20.8 Å². The first kappa shape index (κ1) is 9.96. The molecule has 0 radical (unpaired) electrons. The third-order valence-corrected chi connectivity index (χ3v) is 1.41. The second kappa shape index (κ2) is 5.72. The van der Waals surface area contributed by atoms with E-state index in [1.54, 1.807) is 0 Å². The molecule has 60 valence electrons. The zero-order valence-corrected chi connectivity index (χ0v) is 7.59. The van der Waals surface area contributed by atoms with Gasteiger partial charge in [0.2, 0.25) is 0 Å². The fourth-order valence-electron chi connectivity index (χ4n) is 0.680. The first-order valence-electron chi connectivity index (χ1n) is 3.84. The smallest absolute Gasteiger partial charge is 0.0303 e. The first-order valence-corrected chi connectivity index (χ1v) is 3.84. The fraction of sp³-hybridized carbons (Fsp3) is 0.273. The van der Waals surface area contributed by atoms with Crippen molar-refractivity contribution in [3.05, 3.63) is 48.1 Å². The Balaban J connectivity index is 4.23. The molecule has 0 nitrogen and oxygen atoms in total. The van der Waals surface area contributed by atoms with Gasteiger partial charge in [-0.2, -0.15) is 0 Å². The SMILES string of the molecule is C=C(C=CC)C(C)=CC=CC. The molecule has 0 aromatic rings. The van der Waals surface area contributed by atoms with Crippen LogP contribution in [0.2, 0.25) is 0 Å². The van der Waals surface area contributed by atoms with Gasteiger partial charge in [0, 0.05) is 0 Å². The van der Waals surface area contributed by atoms with Gasteiger partial charge >= 0.3 is 0 Å². The average molecular weight is 148 g/mol. The van der Waals surface area contributed by atoms with Crippen LogP contribution >= 0.6 is 0 Å². The van der Waals surface area contributed by atoms with Crippen LogP contribution < -0.4 is 0 Å². The van der Waals surface area contributed by atoms with E-state index in [9.17, 15) is 0 Å². The summed E-state index contributed by atoms with van der Waals surface area (Å²) in [5, 5.41) is 0. The van der Waals surface area contributed by atoms with Crippen molar-refractivity contribution in [2.75, 3.05) is 0 Å². The van der Waals surface area contributed by atoms with Crippen molar-refractivity contribution < 1.29 is 0 Å². The summed E-state index contributed by atoms with van der Waals surface area (Å²) in [7, 11) is 0. The Morgan fingerprint density at radius 1 is 1.18 bits per heavy atom. The van der Waals surface area contributed by atoms with Gasteiger partial charge in [-0.05, 0) is 31.9 Å². The molecule has 0 aliphatic rings. The predicted octanol–water partition coefficient (Wildman–Crippen LogP) is 3.64. The molecule has 0 spiro atoms. The Morgan fingerprint density at radius 2 is 1.82 bits per heavy atom. The minimum absolute atomic E-state index is 1.07. The van der Waals surface area contributed by atoms with Crippen molar-refractivity contribution in [1.29, 1.82) is 0 Å². The number of rotatable bonds is 3. The molecule has 0 rings (SSSR count). The molecule has 0 aromatic heterocycles. The summed E-state index contributed by atoms with van der Waals surface area (Å²) >= 11 is 0. The van der Waals surface area contributed by atoms with E-state index < -0.39 is 0 Å². The van der Waals surface area contributed by atoms with E-state index in [4.69, 9.17) is 0 Å². The minimum Gasteiger partial charge on any atom is -0.0915 e. The molecular weight excluding hydrogens is 132 g/mol. The van der Waals surface area contributed by atoms with Crippen LogP contribution in [0.4, 0.5) is 0 Å². The van der Waals surface area contributed by atoms with Gasteiger partial charge in [-0.1, -0.05) is 37.0 Å². The van der Waals surface area contributed by atoms with Gasteiger partial charge in [0.05, 0.1) is 0 Å². The molecule has 0 atom stereocenters. The Bertz CT molecular complexity index is 202. The number of hydrogen-bond donors (Lipinski definition) is 0. The van der Waals surface area contributed by atoms with E-state index in [1.165, 1.54) is 5.57 Å². The topological polar surface area (TPSA) is 0 Å². The van der Waals surface area contributed by atoms with Gasteiger partial charge < -0.3 is 0 Å². The van der Waals surface area contributed by atoms with Crippen molar-refractivity contribution in [1.82, 2.24) is 0 Å². The Kier molecular flexibility index (Phi) is 5.18. The van der Waals surface area contributed by atoms with E-state index in [2.05, 4.69) is 19.6 Å². The Hall–Kier alpha value is -1.04. The van der Waals surface area contributed by atoms with Crippen LogP contribution in [-0.2, 0) is 0 Å². The molecular formula is C11H16. The molecule has 0 unspecified atom stereocenters. The molecule has 0 saturated carbocycles. The van der Waals surface area contributed by atoms with Crippen LogP contribution in [0.5, 0.6) is 0 Å². The predicted molar refractivity (Wildman–Crippen MR) is 52.5 cm³/mol. The monoisotopic (exact) mass is 148 g/mol. The second-order valence-electron chi connectivity index (χ2n) is 2.40. The molecule has 0 amide bonds. The molecule has 0 saturated heterocycles. The Morgan fingerprint density at radius 3 is 2.27 bits per heavy atom. The van der Waals surface area contributed by atoms with Gasteiger partial charge in [0.1, 0.15) is 0 Å². The molecule has 0 aliphatic carbocycles. The maximum Gasteiger partial charge on any atom is -0.0303 e.